The molecule has 3 heterocycles. The molecule has 2 aliphatic heterocycles. The molecule has 170 valence electrons. The standard InChI is InChI=1S/C20H18ClF3N4O3S/c21-12-1-3-15(26-8-12)17(29)27-13-2-4-16(31-20(22,23)24)14(7-13)19-10-30-6-5-11(19)9-32-18(25)28-19/h1-4,7-8,11H,5-6,9-10H2,(H2,25,28)(H,27,29). The average molecular weight is 487 g/mol. The number of rotatable bonds is 4. The van der Waals surface area contributed by atoms with E-state index in [4.69, 9.17) is 22.1 Å². The number of pyridine rings is 1. The highest BCUT2D eigenvalue weighted by Crippen LogP contribution is 2.48. The number of alkyl halides is 3. The zero-order valence-electron chi connectivity index (χ0n) is 16.5. The lowest BCUT2D eigenvalue weighted by molar-refractivity contribution is -0.275. The van der Waals surface area contributed by atoms with E-state index in [1.807, 2.05) is 0 Å². The summed E-state index contributed by atoms with van der Waals surface area (Å²) in [6, 6.07) is 6.84. The molecule has 1 fully saturated rings. The van der Waals surface area contributed by atoms with Crippen LogP contribution in [-0.4, -0.2) is 41.4 Å². The second kappa shape index (κ2) is 8.80. The first-order chi connectivity index (χ1) is 15.2. The minimum Gasteiger partial charge on any atom is -0.405 e. The molecule has 12 heteroatoms. The number of carbonyl (C=O) groups is 1. The highest BCUT2D eigenvalue weighted by molar-refractivity contribution is 8.13. The number of halogens is 4. The van der Waals surface area contributed by atoms with E-state index in [9.17, 15) is 18.0 Å². The fraction of sp³-hybridized carbons (Fsp3) is 0.350. The van der Waals surface area contributed by atoms with Crippen LogP contribution in [-0.2, 0) is 10.3 Å². The Bertz CT molecular complexity index is 1050. The van der Waals surface area contributed by atoms with Gasteiger partial charge in [-0.05, 0) is 36.8 Å². The van der Waals surface area contributed by atoms with Crippen molar-refractivity contribution >= 4 is 40.1 Å². The summed E-state index contributed by atoms with van der Waals surface area (Å²) < 4.78 is 49.4. The molecule has 2 aliphatic rings. The Morgan fingerprint density at radius 2 is 2.16 bits per heavy atom. The van der Waals surface area contributed by atoms with Crippen molar-refractivity contribution in [2.24, 2.45) is 16.6 Å². The van der Waals surface area contributed by atoms with E-state index in [2.05, 4.69) is 20.0 Å². The largest absolute Gasteiger partial charge is 0.573 e. The number of aromatic nitrogens is 1. The van der Waals surface area contributed by atoms with Crippen molar-refractivity contribution in [3.8, 4) is 5.75 Å². The molecule has 0 radical (unpaired) electrons. The van der Waals surface area contributed by atoms with Gasteiger partial charge >= 0.3 is 6.36 Å². The van der Waals surface area contributed by atoms with Crippen LogP contribution >= 0.6 is 23.4 Å². The summed E-state index contributed by atoms with van der Waals surface area (Å²) >= 11 is 7.14. The number of amides is 1. The van der Waals surface area contributed by atoms with Gasteiger partial charge in [-0.3, -0.25) is 4.79 Å². The quantitative estimate of drug-likeness (QED) is 0.672. The Kier molecular flexibility index (Phi) is 6.24. The van der Waals surface area contributed by atoms with Crippen LogP contribution in [0.15, 0.2) is 41.5 Å². The van der Waals surface area contributed by atoms with Gasteiger partial charge in [0.25, 0.3) is 5.91 Å². The van der Waals surface area contributed by atoms with Gasteiger partial charge in [0.1, 0.15) is 17.0 Å². The predicted octanol–water partition coefficient (Wildman–Crippen LogP) is 4.18. The van der Waals surface area contributed by atoms with Gasteiger partial charge in [0.2, 0.25) is 0 Å². The second-order valence-electron chi connectivity index (χ2n) is 7.30. The number of amidine groups is 1. The predicted molar refractivity (Wildman–Crippen MR) is 115 cm³/mol. The molecule has 0 aliphatic carbocycles. The number of nitrogens with zero attached hydrogens (tertiary/aromatic N) is 2. The molecule has 4 rings (SSSR count). The van der Waals surface area contributed by atoms with Crippen molar-refractivity contribution in [3.63, 3.8) is 0 Å². The molecule has 0 bridgehead atoms. The van der Waals surface area contributed by atoms with Crippen LogP contribution in [0.1, 0.15) is 22.5 Å². The first kappa shape index (κ1) is 22.7. The van der Waals surface area contributed by atoms with Crippen LogP contribution in [0.3, 0.4) is 0 Å². The zero-order chi connectivity index (χ0) is 22.9. The minimum absolute atomic E-state index is 0.0449. The number of ether oxygens (including phenoxy) is 2. The maximum atomic E-state index is 13.1. The molecule has 1 aromatic carbocycles. The average Bonchev–Trinajstić information content (AvgIpc) is 2.74. The van der Waals surface area contributed by atoms with Gasteiger partial charge in [-0.25, -0.2) is 9.98 Å². The molecule has 3 N–H and O–H groups in total. The van der Waals surface area contributed by atoms with Gasteiger partial charge < -0.3 is 20.5 Å². The zero-order valence-corrected chi connectivity index (χ0v) is 18.1. The topological polar surface area (TPSA) is 98.8 Å². The van der Waals surface area contributed by atoms with Crippen LogP contribution < -0.4 is 15.8 Å². The van der Waals surface area contributed by atoms with E-state index in [1.54, 1.807) is 0 Å². The fourth-order valence-electron chi connectivity index (χ4n) is 3.79. The lowest BCUT2D eigenvalue weighted by Crippen LogP contribution is -2.47. The number of aliphatic imine (C=N–C) groups is 1. The van der Waals surface area contributed by atoms with E-state index in [1.165, 1.54) is 42.2 Å². The molecule has 1 saturated heterocycles. The van der Waals surface area contributed by atoms with Crippen molar-refractivity contribution in [1.82, 2.24) is 4.98 Å². The number of hydrogen-bond acceptors (Lipinski definition) is 7. The SMILES string of the molecule is NC1=NC2(c3cc(NC(=O)c4ccc(Cl)cn4)ccc3OC(F)(F)F)COCCC2CS1. The van der Waals surface area contributed by atoms with E-state index in [0.717, 1.165) is 6.07 Å². The summed E-state index contributed by atoms with van der Waals surface area (Å²) in [6.07, 6.45) is -2.99. The summed E-state index contributed by atoms with van der Waals surface area (Å²) in [4.78, 5) is 21.0. The fourth-order valence-corrected chi connectivity index (χ4v) is 4.95. The van der Waals surface area contributed by atoms with Gasteiger partial charge in [0.15, 0.2) is 5.17 Å². The van der Waals surface area contributed by atoms with Crippen LogP contribution in [0, 0.1) is 5.92 Å². The normalized spacial score (nSPS) is 23.1. The Morgan fingerprint density at radius 3 is 2.88 bits per heavy atom. The van der Waals surface area contributed by atoms with Gasteiger partial charge in [-0.1, -0.05) is 23.4 Å². The number of thioether (sulfide) groups is 1. The smallest absolute Gasteiger partial charge is 0.405 e. The molecule has 1 amide bonds. The first-order valence-electron chi connectivity index (χ1n) is 9.55. The summed E-state index contributed by atoms with van der Waals surface area (Å²) in [5, 5.41) is 3.26. The van der Waals surface area contributed by atoms with Crippen molar-refractivity contribution < 1.29 is 27.4 Å². The van der Waals surface area contributed by atoms with Crippen LogP contribution in [0.2, 0.25) is 5.02 Å². The molecule has 2 aromatic rings. The Morgan fingerprint density at radius 1 is 1.34 bits per heavy atom. The Labute approximate surface area is 190 Å². The lowest BCUT2D eigenvalue weighted by atomic mass is 9.76. The van der Waals surface area contributed by atoms with Gasteiger partial charge in [-0.2, -0.15) is 0 Å². The second-order valence-corrected chi connectivity index (χ2v) is 8.77. The molecule has 2 unspecified atom stereocenters. The summed E-state index contributed by atoms with van der Waals surface area (Å²) in [7, 11) is 0. The maximum Gasteiger partial charge on any atom is 0.573 e. The minimum atomic E-state index is -4.91. The molecule has 32 heavy (non-hydrogen) atoms. The number of nitrogens with two attached hydrogens (primary N) is 1. The Balaban J connectivity index is 1.75. The maximum absolute atomic E-state index is 13.1. The van der Waals surface area contributed by atoms with Crippen LogP contribution in [0.4, 0.5) is 18.9 Å². The van der Waals surface area contributed by atoms with Crippen molar-refractivity contribution in [3.05, 3.63) is 52.8 Å². The van der Waals surface area contributed by atoms with Gasteiger partial charge in [-0.15, -0.1) is 13.2 Å². The van der Waals surface area contributed by atoms with E-state index >= 15 is 0 Å². The highest BCUT2D eigenvalue weighted by atomic mass is 35.5. The Hall–Kier alpha value is -2.50. The number of hydrogen-bond donors (Lipinski definition) is 2. The number of anilines is 1. The van der Waals surface area contributed by atoms with Crippen molar-refractivity contribution in [2.45, 2.75) is 18.3 Å². The van der Waals surface area contributed by atoms with Crippen LogP contribution in [0.5, 0.6) is 5.75 Å². The third kappa shape index (κ3) is 4.79. The number of nitrogens with one attached hydrogen (secondary N) is 1. The van der Waals surface area contributed by atoms with Gasteiger partial charge in [0, 0.05) is 35.7 Å². The summed E-state index contributed by atoms with van der Waals surface area (Å²) in [6.45, 7) is 0.514. The third-order valence-electron chi connectivity index (χ3n) is 5.24. The van der Waals surface area contributed by atoms with Crippen LogP contribution in [0.25, 0.3) is 0 Å². The number of benzene rings is 1. The molecule has 0 spiro atoms. The van der Waals surface area contributed by atoms with Crippen molar-refractivity contribution in [1.29, 1.82) is 0 Å². The van der Waals surface area contributed by atoms with Crippen molar-refractivity contribution in [2.75, 3.05) is 24.3 Å². The molecule has 2 atom stereocenters. The van der Waals surface area contributed by atoms with Gasteiger partial charge in [0.05, 0.1) is 11.6 Å². The first-order valence-corrected chi connectivity index (χ1v) is 10.9. The monoisotopic (exact) mass is 486 g/mol. The number of fused-ring (bicyclic) bond motifs is 1. The molecule has 0 saturated carbocycles. The molecule has 7 nitrogen and oxygen atoms in total. The highest BCUT2D eigenvalue weighted by Gasteiger charge is 2.48. The molecule has 1 aromatic heterocycles. The summed E-state index contributed by atoms with van der Waals surface area (Å²) in [5.74, 6) is -0.504. The number of carbonyl (C=O) groups excluding carboxylic acids is 1. The molecular weight excluding hydrogens is 469 g/mol. The summed E-state index contributed by atoms with van der Waals surface area (Å²) in [5.41, 5.74) is 5.29. The third-order valence-corrected chi connectivity index (χ3v) is 6.42. The molecular formula is C20H18ClF3N4O3S. The van der Waals surface area contributed by atoms with E-state index in [0.29, 0.717) is 23.8 Å². The van der Waals surface area contributed by atoms with E-state index < -0.39 is 23.6 Å². The lowest BCUT2D eigenvalue weighted by Gasteiger charge is -2.44. The van der Waals surface area contributed by atoms with E-state index in [-0.39, 0.29) is 34.6 Å².